The van der Waals surface area contributed by atoms with Crippen LogP contribution in [0.15, 0.2) is 18.2 Å². The van der Waals surface area contributed by atoms with E-state index in [9.17, 15) is 22.4 Å². The molecule has 120 valence electrons. The summed E-state index contributed by atoms with van der Waals surface area (Å²) in [5, 5.41) is 0. The zero-order valence-corrected chi connectivity index (χ0v) is 12.4. The third kappa shape index (κ3) is 3.85. The van der Waals surface area contributed by atoms with Crippen LogP contribution in [0.3, 0.4) is 0 Å². The van der Waals surface area contributed by atoms with Crippen LogP contribution in [-0.2, 0) is 15.7 Å². The number of carbonyl (C=O) groups is 1. The number of methoxy groups -OCH3 is 1. The third-order valence-corrected chi connectivity index (χ3v) is 3.16. The minimum atomic E-state index is -4.76. The zero-order valence-electron chi connectivity index (χ0n) is 11.6. The van der Waals surface area contributed by atoms with E-state index in [-0.39, 0.29) is 12.4 Å². The van der Waals surface area contributed by atoms with Gasteiger partial charge in [0.25, 0.3) is 0 Å². The lowest BCUT2D eigenvalue weighted by atomic mass is 9.79. The van der Waals surface area contributed by atoms with E-state index in [0.717, 1.165) is 25.3 Å². The molecule has 0 bridgehead atoms. The molecule has 0 fully saturated rings. The van der Waals surface area contributed by atoms with E-state index < -0.39 is 40.5 Å². The van der Waals surface area contributed by atoms with Gasteiger partial charge in [-0.2, -0.15) is 13.2 Å². The van der Waals surface area contributed by atoms with Crippen molar-refractivity contribution in [2.75, 3.05) is 7.11 Å². The fourth-order valence-electron chi connectivity index (χ4n) is 1.85. The van der Waals surface area contributed by atoms with Gasteiger partial charge in [0.15, 0.2) is 0 Å². The van der Waals surface area contributed by atoms with Gasteiger partial charge in [0.1, 0.15) is 5.82 Å². The lowest BCUT2D eigenvalue weighted by Gasteiger charge is -2.30. The Balaban J connectivity index is 0.00000400. The van der Waals surface area contributed by atoms with Gasteiger partial charge in [0, 0.05) is 11.6 Å². The molecule has 0 amide bonds. The first-order chi connectivity index (χ1) is 9.03. The summed E-state index contributed by atoms with van der Waals surface area (Å²) in [4.78, 5) is 11.6. The Hall–Kier alpha value is -1.34. The highest BCUT2D eigenvalue weighted by atomic mass is 35.5. The zero-order chi connectivity index (χ0) is 15.7. The fraction of sp³-hybridized carbons (Fsp3) is 0.462. The van der Waals surface area contributed by atoms with Crippen molar-refractivity contribution in [3.63, 3.8) is 0 Å². The molecule has 0 heterocycles. The summed E-state index contributed by atoms with van der Waals surface area (Å²) < 4.78 is 57.1. The number of hydrogen-bond acceptors (Lipinski definition) is 3. The van der Waals surface area contributed by atoms with Crippen molar-refractivity contribution in [1.82, 2.24) is 0 Å². The van der Waals surface area contributed by atoms with E-state index in [1.165, 1.54) is 13.8 Å². The number of alkyl halides is 3. The molecule has 0 saturated heterocycles. The molecule has 8 heteroatoms. The predicted octanol–water partition coefficient (Wildman–Crippen LogP) is 3.47. The van der Waals surface area contributed by atoms with Crippen LogP contribution in [0.4, 0.5) is 17.6 Å². The highest BCUT2D eigenvalue weighted by molar-refractivity contribution is 5.85. The molecular formula is C13H16ClF4NO2. The van der Waals surface area contributed by atoms with Crippen LogP contribution in [0.25, 0.3) is 0 Å². The van der Waals surface area contributed by atoms with Crippen molar-refractivity contribution in [2.24, 2.45) is 11.1 Å². The lowest BCUT2D eigenvalue weighted by Crippen LogP contribution is -2.39. The summed E-state index contributed by atoms with van der Waals surface area (Å²) in [7, 11) is 1.09. The van der Waals surface area contributed by atoms with Crippen molar-refractivity contribution >= 4 is 18.4 Å². The molecule has 0 aromatic heterocycles. The summed E-state index contributed by atoms with van der Waals surface area (Å²) in [6.07, 6.45) is -4.76. The van der Waals surface area contributed by atoms with Crippen molar-refractivity contribution in [3.05, 3.63) is 35.1 Å². The van der Waals surface area contributed by atoms with Crippen LogP contribution < -0.4 is 5.73 Å². The van der Waals surface area contributed by atoms with Gasteiger partial charge in [0.2, 0.25) is 0 Å². The molecule has 1 rings (SSSR count). The van der Waals surface area contributed by atoms with Gasteiger partial charge in [-0.15, -0.1) is 12.4 Å². The molecule has 0 aliphatic carbocycles. The minimum absolute atomic E-state index is 0. The molecule has 1 aromatic carbocycles. The number of carbonyl (C=O) groups excluding carboxylic acids is 1. The first kappa shape index (κ1) is 19.7. The second-order valence-electron chi connectivity index (χ2n) is 4.89. The normalized spacial score (nSPS) is 13.3. The Kier molecular flexibility index (Phi) is 6.19. The molecule has 21 heavy (non-hydrogen) atoms. The largest absolute Gasteiger partial charge is 0.469 e. The van der Waals surface area contributed by atoms with E-state index in [0.29, 0.717) is 0 Å². The SMILES string of the molecule is COC(=O)C(C)(C)[C@H](N)c1c(F)cccc1C(F)(F)F.Cl. The summed E-state index contributed by atoms with van der Waals surface area (Å²) in [6.45, 7) is 2.60. The van der Waals surface area contributed by atoms with E-state index in [1.54, 1.807) is 0 Å². The van der Waals surface area contributed by atoms with Crippen LogP contribution in [0.1, 0.15) is 31.0 Å². The van der Waals surface area contributed by atoms with Crippen LogP contribution in [0, 0.1) is 11.2 Å². The molecule has 2 N–H and O–H groups in total. The molecule has 0 spiro atoms. The Labute approximate surface area is 125 Å². The summed E-state index contributed by atoms with van der Waals surface area (Å²) in [5.41, 5.74) is 2.27. The van der Waals surface area contributed by atoms with E-state index in [4.69, 9.17) is 5.73 Å². The second-order valence-corrected chi connectivity index (χ2v) is 4.89. The number of ether oxygens (including phenoxy) is 1. The minimum Gasteiger partial charge on any atom is -0.469 e. The molecule has 0 radical (unpaired) electrons. The van der Waals surface area contributed by atoms with Gasteiger partial charge >= 0.3 is 12.1 Å². The van der Waals surface area contributed by atoms with Crippen molar-refractivity contribution in [1.29, 1.82) is 0 Å². The highest BCUT2D eigenvalue weighted by Gasteiger charge is 2.43. The van der Waals surface area contributed by atoms with Crippen LogP contribution in [0.5, 0.6) is 0 Å². The average molecular weight is 330 g/mol. The number of halogens is 5. The molecule has 3 nitrogen and oxygen atoms in total. The molecule has 0 unspecified atom stereocenters. The predicted molar refractivity (Wildman–Crippen MR) is 71.4 cm³/mol. The molecule has 0 aliphatic rings. The lowest BCUT2D eigenvalue weighted by molar-refractivity contribution is -0.153. The van der Waals surface area contributed by atoms with Gasteiger partial charge in [-0.3, -0.25) is 4.79 Å². The first-order valence-electron chi connectivity index (χ1n) is 5.73. The maximum atomic E-state index is 13.8. The van der Waals surface area contributed by atoms with E-state index >= 15 is 0 Å². The molecule has 0 saturated carbocycles. The number of nitrogens with two attached hydrogens (primary N) is 1. The van der Waals surface area contributed by atoms with Crippen molar-refractivity contribution < 1.29 is 27.1 Å². The summed E-state index contributed by atoms with van der Waals surface area (Å²) >= 11 is 0. The van der Waals surface area contributed by atoms with Gasteiger partial charge in [-0.25, -0.2) is 4.39 Å². The number of rotatable bonds is 3. The molecule has 1 atom stereocenters. The standard InChI is InChI=1S/C13H15F4NO2.ClH/c1-12(2,11(19)20-3)10(18)9-7(13(15,16)17)5-4-6-8(9)14;/h4-6,10H,18H2,1-3H3;1H/t10-;/m1./s1. The van der Waals surface area contributed by atoms with Crippen LogP contribution >= 0.6 is 12.4 Å². The maximum Gasteiger partial charge on any atom is 0.416 e. The highest BCUT2D eigenvalue weighted by Crippen LogP contribution is 2.41. The van der Waals surface area contributed by atoms with Crippen molar-refractivity contribution in [2.45, 2.75) is 26.1 Å². The molecule has 1 aromatic rings. The molecule has 0 aliphatic heterocycles. The van der Waals surface area contributed by atoms with Gasteiger partial charge < -0.3 is 10.5 Å². The van der Waals surface area contributed by atoms with Crippen LogP contribution in [0.2, 0.25) is 0 Å². The second kappa shape index (κ2) is 6.62. The van der Waals surface area contributed by atoms with E-state index in [2.05, 4.69) is 4.74 Å². The topological polar surface area (TPSA) is 52.3 Å². The number of esters is 1. The Morgan fingerprint density at radius 1 is 1.29 bits per heavy atom. The summed E-state index contributed by atoms with van der Waals surface area (Å²) in [5.74, 6) is -1.93. The number of hydrogen-bond donors (Lipinski definition) is 1. The average Bonchev–Trinajstić information content (AvgIpc) is 2.35. The summed E-state index contributed by atoms with van der Waals surface area (Å²) in [6, 6.07) is 1.05. The van der Waals surface area contributed by atoms with Crippen molar-refractivity contribution in [3.8, 4) is 0 Å². The van der Waals surface area contributed by atoms with E-state index in [1.807, 2.05) is 0 Å². The van der Waals surface area contributed by atoms with Gasteiger partial charge in [-0.05, 0) is 26.0 Å². The fourth-order valence-corrected chi connectivity index (χ4v) is 1.85. The quantitative estimate of drug-likeness (QED) is 0.682. The maximum absolute atomic E-state index is 13.8. The Morgan fingerprint density at radius 3 is 2.24 bits per heavy atom. The van der Waals surface area contributed by atoms with Crippen LogP contribution in [-0.4, -0.2) is 13.1 Å². The third-order valence-electron chi connectivity index (χ3n) is 3.16. The first-order valence-corrected chi connectivity index (χ1v) is 5.73. The Morgan fingerprint density at radius 2 is 1.81 bits per heavy atom. The Bertz CT molecular complexity index is 517. The van der Waals surface area contributed by atoms with Gasteiger partial charge in [0.05, 0.1) is 18.1 Å². The number of benzene rings is 1. The monoisotopic (exact) mass is 329 g/mol. The smallest absolute Gasteiger partial charge is 0.416 e. The molecular weight excluding hydrogens is 314 g/mol. The van der Waals surface area contributed by atoms with Gasteiger partial charge in [-0.1, -0.05) is 6.07 Å².